The van der Waals surface area contributed by atoms with Gasteiger partial charge in [-0.25, -0.2) is 9.97 Å². The molecule has 0 aliphatic carbocycles. The molecule has 148 valence electrons. The van der Waals surface area contributed by atoms with Gasteiger partial charge in [-0.2, -0.15) is 0 Å². The molecule has 4 N–H and O–H groups in total. The SMILES string of the molecule is Nc1ccc(-c2cc3cc4nc(cc5ccc(cc6nc(cc2[nH]3)C=C6)[nH]5)C=C4)cc1. The molecule has 0 saturated heterocycles. The highest BCUT2D eigenvalue weighted by atomic mass is 14.8. The Hall–Kier alpha value is -4.38. The van der Waals surface area contributed by atoms with E-state index in [4.69, 9.17) is 15.7 Å². The lowest BCUT2D eigenvalue weighted by molar-refractivity contribution is 1.31. The summed E-state index contributed by atoms with van der Waals surface area (Å²) >= 11 is 0. The quantitative estimate of drug-likeness (QED) is 0.300. The highest BCUT2D eigenvalue weighted by Gasteiger charge is 2.07. The number of H-pyrrole nitrogens is 2. The van der Waals surface area contributed by atoms with E-state index in [1.54, 1.807) is 0 Å². The zero-order valence-electron chi connectivity index (χ0n) is 16.6. The lowest BCUT2D eigenvalue weighted by atomic mass is 10.1. The molecule has 1 aromatic carbocycles. The topological polar surface area (TPSA) is 83.4 Å². The van der Waals surface area contributed by atoms with Gasteiger partial charge in [0.25, 0.3) is 0 Å². The van der Waals surface area contributed by atoms with Gasteiger partial charge in [0.2, 0.25) is 0 Å². The third kappa shape index (κ3) is 3.42. The Morgan fingerprint density at radius 3 is 1.71 bits per heavy atom. The van der Waals surface area contributed by atoms with Crippen LogP contribution < -0.4 is 5.73 Å². The molecule has 8 bridgehead atoms. The summed E-state index contributed by atoms with van der Waals surface area (Å²) in [6.07, 6.45) is 8.10. The maximum Gasteiger partial charge on any atom is 0.0658 e. The van der Waals surface area contributed by atoms with Crippen molar-refractivity contribution in [1.82, 2.24) is 19.9 Å². The molecule has 0 amide bonds. The monoisotopic (exact) mass is 401 g/mol. The molecule has 5 nitrogen and oxygen atoms in total. The van der Waals surface area contributed by atoms with Gasteiger partial charge in [-0.05, 0) is 84.5 Å². The predicted octanol–water partition coefficient (Wildman–Crippen LogP) is 5.90. The van der Waals surface area contributed by atoms with Crippen molar-refractivity contribution in [2.75, 3.05) is 5.73 Å². The molecular weight excluding hydrogens is 382 g/mol. The number of rotatable bonds is 1. The van der Waals surface area contributed by atoms with E-state index in [0.717, 1.165) is 61.7 Å². The van der Waals surface area contributed by atoms with Crippen LogP contribution in [0.25, 0.3) is 57.5 Å². The molecule has 6 rings (SSSR count). The summed E-state index contributed by atoms with van der Waals surface area (Å²) in [5.74, 6) is 0. The van der Waals surface area contributed by atoms with Gasteiger partial charge in [0, 0.05) is 33.3 Å². The molecule has 0 fully saturated rings. The van der Waals surface area contributed by atoms with Crippen LogP contribution >= 0.6 is 0 Å². The molecule has 3 aromatic heterocycles. The lowest BCUT2D eigenvalue weighted by Gasteiger charge is -1.99. The first kappa shape index (κ1) is 17.5. The number of nitrogens with one attached hydrogen (secondary N) is 2. The van der Waals surface area contributed by atoms with E-state index >= 15 is 0 Å². The number of aromatic amines is 2. The first-order chi connectivity index (χ1) is 15.2. The van der Waals surface area contributed by atoms with Crippen molar-refractivity contribution in [2.24, 2.45) is 0 Å². The number of benzene rings is 1. The summed E-state index contributed by atoms with van der Waals surface area (Å²) in [6.45, 7) is 0. The Kier molecular flexibility index (Phi) is 3.86. The molecule has 5 heterocycles. The molecule has 0 saturated carbocycles. The van der Waals surface area contributed by atoms with Crippen LogP contribution in [0.15, 0.2) is 66.7 Å². The third-order valence-electron chi connectivity index (χ3n) is 5.39. The van der Waals surface area contributed by atoms with E-state index in [0.29, 0.717) is 0 Å². The van der Waals surface area contributed by atoms with Gasteiger partial charge in [0.05, 0.1) is 22.8 Å². The second-order valence-corrected chi connectivity index (χ2v) is 7.71. The van der Waals surface area contributed by atoms with Crippen LogP contribution in [0.3, 0.4) is 0 Å². The van der Waals surface area contributed by atoms with Gasteiger partial charge in [-0.15, -0.1) is 0 Å². The average Bonchev–Trinajstić information content (AvgIpc) is 3.54. The molecule has 0 atom stereocenters. The number of anilines is 1. The van der Waals surface area contributed by atoms with Crippen molar-refractivity contribution in [3.8, 4) is 11.1 Å². The van der Waals surface area contributed by atoms with Gasteiger partial charge < -0.3 is 15.7 Å². The average molecular weight is 401 g/mol. The molecule has 2 aliphatic rings. The fraction of sp³-hybridized carbons (Fsp3) is 0. The van der Waals surface area contributed by atoms with Crippen LogP contribution in [-0.4, -0.2) is 19.9 Å². The van der Waals surface area contributed by atoms with Gasteiger partial charge in [0.15, 0.2) is 0 Å². The maximum absolute atomic E-state index is 5.89. The third-order valence-corrected chi connectivity index (χ3v) is 5.39. The van der Waals surface area contributed by atoms with E-state index in [2.05, 4.69) is 28.2 Å². The summed E-state index contributed by atoms with van der Waals surface area (Å²) in [5, 5.41) is 0. The lowest BCUT2D eigenvalue weighted by Crippen LogP contribution is -1.83. The number of nitrogen functional groups attached to an aromatic ring is 1. The normalized spacial score (nSPS) is 12.4. The van der Waals surface area contributed by atoms with Gasteiger partial charge >= 0.3 is 0 Å². The highest BCUT2D eigenvalue weighted by molar-refractivity contribution is 5.88. The van der Waals surface area contributed by atoms with Crippen molar-refractivity contribution in [3.63, 3.8) is 0 Å². The highest BCUT2D eigenvalue weighted by Crippen LogP contribution is 2.28. The molecule has 0 spiro atoms. The summed E-state index contributed by atoms with van der Waals surface area (Å²) in [4.78, 5) is 16.4. The summed E-state index contributed by atoms with van der Waals surface area (Å²) < 4.78 is 0. The van der Waals surface area contributed by atoms with E-state index in [1.807, 2.05) is 72.8 Å². The minimum Gasteiger partial charge on any atom is -0.399 e. The Bertz CT molecular complexity index is 1530. The van der Waals surface area contributed by atoms with Crippen LogP contribution in [0.1, 0.15) is 22.8 Å². The minimum atomic E-state index is 0.747. The number of hydrogen-bond donors (Lipinski definition) is 3. The van der Waals surface area contributed by atoms with Crippen LogP contribution in [0.5, 0.6) is 0 Å². The Balaban J connectivity index is 1.67. The fourth-order valence-corrected chi connectivity index (χ4v) is 3.92. The van der Waals surface area contributed by atoms with E-state index in [-0.39, 0.29) is 0 Å². The summed E-state index contributed by atoms with van der Waals surface area (Å²) in [6, 6.07) is 22.4. The van der Waals surface area contributed by atoms with E-state index in [9.17, 15) is 0 Å². The fourth-order valence-electron chi connectivity index (χ4n) is 3.92. The Labute approximate surface area is 178 Å². The molecule has 4 aromatic rings. The van der Waals surface area contributed by atoms with Crippen molar-refractivity contribution in [2.45, 2.75) is 0 Å². The van der Waals surface area contributed by atoms with Crippen LogP contribution in [0.2, 0.25) is 0 Å². The van der Waals surface area contributed by atoms with Crippen LogP contribution in [0, 0.1) is 0 Å². The molecule has 0 radical (unpaired) electrons. The first-order valence-electron chi connectivity index (χ1n) is 10.1. The molecule has 31 heavy (non-hydrogen) atoms. The number of aromatic nitrogens is 4. The van der Waals surface area contributed by atoms with Gasteiger partial charge in [-0.1, -0.05) is 12.1 Å². The standard InChI is InChI=1S/C26H19N5/c27-17-3-1-16(2-4-17)25-14-24-13-22-8-7-20(29-22)11-18-5-6-19(28-18)12-21-9-10-23(30-21)15-26(25)31-24/h1-15,28,31H,27H2. The minimum absolute atomic E-state index is 0.747. The van der Waals surface area contributed by atoms with Gasteiger partial charge in [0.1, 0.15) is 0 Å². The smallest absolute Gasteiger partial charge is 0.0658 e. The molecular formula is C26H19N5. The number of hydrogen-bond acceptors (Lipinski definition) is 3. The van der Waals surface area contributed by atoms with Gasteiger partial charge in [-0.3, -0.25) is 0 Å². The first-order valence-corrected chi connectivity index (χ1v) is 10.1. The Morgan fingerprint density at radius 2 is 1.10 bits per heavy atom. The summed E-state index contributed by atoms with van der Waals surface area (Å²) in [5.41, 5.74) is 16.4. The van der Waals surface area contributed by atoms with Crippen molar-refractivity contribution in [1.29, 1.82) is 0 Å². The second-order valence-electron chi connectivity index (χ2n) is 7.71. The largest absolute Gasteiger partial charge is 0.399 e. The van der Waals surface area contributed by atoms with E-state index in [1.165, 1.54) is 0 Å². The predicted molar refractivity (Wildman–Crippen MR) is 129 cm³/mol. The second kappa shape index (κ2) is 6.85. The number of nitrogens with zero attached hydrogens (tertiary/aromatic N) is 2. The zero-order valence-corrected chi connectivity index (χ0v) is 16.6. The number of fused-ring (bicyclic) bond motifs is 8. The van der Waals surface area contributed by atoms with Crippen molar-refractivity contribution in [3.05, 3.63) is 89.5 Å². The van der Waals surface area contributed by atoms with Crippen molar-refractivity contribution < 1.29 is 0 Å². The molecule has 2 aliphatic heterocycles. The van der Waals surface area contributed by atoms with E-state index < -0.39 is 0 Å². The van der Waals surface area contributed by atoms with Crippen LogP contribution in [0.4, 0.5) is 5.69 Å². The number of nitrogens with two attached hydrogens (primary N) is 1. The van der Waals surface area contributed by atoms with Crippen LogP contribution in [-0.2, 0) is 0 Å². The molecule has 0 unspecified atom stereocenters. The summed E-state index contributed by atoms with van der Waals surface area (Å²) in [7, 11) is 0. The zero-order chi connectivity index (χ0) is 20.8. The van der Waals surface area contributed by atoms with Crippen molar-refractivity contribution >= 4 is 52.1 Å². The Morgan fingerprint density at radius 1 is 0.548 bits per heavy atom. The maximum atomic E-state index is 5.89. The molecule has 5 heteroatoms.